The molecule has 0 heterocycles. The lowest BCUT2D eigenvalue weighted by atomic mass is 9.84. The molecule has 0 bridgehead atoms. The molecule has 3 nitrogen and oxygen atoms in total. The summed E-state index contributed by atoms with van der Waals surface area (Å²) < 4.78 is 40.3. The molecule has 3 unspecified atom stereocenters. The topological polar surface area (TPSA) is 38.7 Å². The Morgan fingerprint density at radius 2 is 1.24 bits per heavy atom. The highest BCUT2D eigenvalue weighted by Gasteiger charge is 2.43. The van der Waals surface area contributed by atoms with E-state index in [0.29, 0.717) is 0 Å². The molecule has 0 spiro atoms. The summed E-state index contributed by atoms with van der Waals surface area (Å²) in [7, 11) is -2.28. The Kier molecular flexibility index (Phi) is 8.92. The fourth-order valence-electron chi connectivity index (χ4n) is 3.81. The lowest BCUT2D eigenvalue weighted by molar-refractivity contribution is -0.161. The third-order valence-electron chi connectivity index (χ3n) is 5.52. The van der Waals surface area contributed by atoms with Crippen LogP contribution in [-0.4, -0.2) is 38.9 Å². The van der Waals surface area contributed by atoms with Gasteiger partial charge in [-0.05, 0) is 21.4 Å². The first-order valence-corrected chi connectivity index (χ1v) is 12.8. The Morgan fingerprint density at radius 3 is 1.67 bits per heavy atom. The van der Waals surface area contributed by atoms with Gasteiger partial charge in [-0.2, -0.15) is 0 Å². The zero-order valence-electron chi connectivity index (χ0n) is 19.3. The molecular weight excluding hydrogens is 438 g/mol. The second kappa shape index (κ2) is 11.7. The molecule has 3 atom stereocenters. The Morgan fingerprint density at radius 1 is 0.788 bits per heavy atom. The van der Waals surface area contributed by atoms with Crippen molar-refractivity contribution in [3.63, 3.8) is 0 Å². The first-order chi connectivity index (χ1) is 15.8. The van der Waals surface area contributed by atoms with Crippen molar-refractivity contribution >= 4 is 19.4 Å². The normalized spacial score (nSPS) is 14.9. The van der Waals surface area contributed by atoms with Crippen LogP contribution in [0.25, 0.3) is 0 Å². The maximum Gasteiger partial charge on any atom is 0.267 e. The number of aliphatic hydroxyl groups is 1. The van der Waals surface area contributed by atoms with Gasteiger partial charge < -0.3 is 14.3 Å². The van der Waals surface area contributed by atoms with E-state index >= 15 is 0 Å². The van der Waals surface area contributed by atoms with E-state index in [1.807, 2.05) is 99.6 Å². The van der Waals surface area contributed by atoms with Crippen LogP contribution < -0.4 is 10.4 Å². The molecule has 0 aliphatic carbocycles. The summed E-state index contributed by atoms with van der Waals surface area (Å²) in [5.41, 5.74) is 0.168. The van der Waals surface area contributed by atoms with Gasteiger partial charge in [-0.1, -0.05) is 112 Å². The fraction of sp³-hybridized carbons (Fsp3) is 0.333. The molecule has 3 aromatic carbocycles. The van der Waals surface area contributed by atoms with E-state index in [1.165, 1.54) is 0 Å². The Bertz CT molecular complexity index is 910. The zero-order valence-corrected chi connectivity index (χ0v) is 20.4. The van der Waals surface area contributed by atoms with Crippen LogP contribution in [0.3, 0.4) is 0 Å². The van der Waals surface area contributed by atoms with Crippen molar-refractivity contribution in [3.8, 4) is 0 Å². The minimum absolute atomic E-state index is 0.0119. The van der Waals surface area contributed by atoms with E-state index in [0.717, 1.165) is 15.9 Å². The second-order valence-corrected chi connectivity index (χ2v) is 11.6. The van der Waals surface area contributed by atoms with Crippen LogP contribution in [-0.2, 0) is 15.8 Å². The van der Waals surface area contributed by atoms with Crippen molar-refractivity contribution in [2.45, 2.75) is 52.1 Å². The van der Waals surface area contributed by atoms with Gasteiger partial charge in [0, 0.05) is 0 Å². The molecule has 0 aromatic heterocycles. The maximum atomic E-state index is 14.1. The van der Waals surface area contributed by atoms with Crippen molar-refractivity contribution in [3.05, 3.63) is 96.6 Å². The van der Waals surface area contributed by atoms with E-state index in [9.17, 15) is 13.9 Å². The van der Waals surface area contributed by atoms with Gasteiger partial charge in [0.25, 0.3) is 6.43 Å². The fourth-order valence-corrected chi connectivity index (χ4v) is 6.51. The lowest BCUT2D eigenvalue weighted by Crippen LogP contribution is -2.56. The van der Waals surface area contributed by atoms with Crippen LogP contribution in [0.15, 0.2) is 91.0 Å². The Labute approximate surface area is 196 Å². The number of ether oxygens (including phenoxy) is 1. The zero-order chi connectivity index (χ0) is 23.8. The summed E-state index contributed by atoms with van der Waals surface area (Å²) in [5.74, 6) is 0. The van der Waals surface area contributed by atoms with Gasteiger partial charge in [0.1, 0.15) is 12.2 Å². The summed E-state index contributed by atoms with van der Waals surface area (Å²) in [4.78, 5) is 0. The smallest absolute Gasteiger partial charge is 0.267 e. The van der Waals surface area contributed by atoms with Crippen molar-refractivity contribution < 1.29 is 23.1 Å². The Hall–Kier alpha value is -2.38. The molecule has 0 radical (unpaired) electrons. The standard InChI is InChI=1S/C27H32F2O3Si/c1-27(2,3)25(23(30)24(26(28)29)31-19-20-13-7-4-8-14-20)32-33(21-15-9-5-10-16-21)22-17-11-6-12-18-22/h4-18,23-26,30,33H,19H2,1-3H3. The molecule has 176 valence electrons. The molecule has 3 rings (SSSR count). The van der Waals surface area contributed by atoms with Gasteiger partial charge in [0.2, 0.25) is 9.04 Å². The molecule has 6 heteroatoms. The SMILES string of the molecule is CC(C)(C)C(O[SiH](c1ccccc1)c1ccccc1)C(O)C(OCc1ccccc1)C(F)F. The molecule has 0 saturated carbocycles. The number of halogens is 2. The van der Waals surface area contributed by atoms with Gasteiger partial charge in [0.05, 0.1) is 12.7 Å². The number of hydrogen-bond donors (Lipinski definition) is 1. The molecule has 0 amide bonds. The average Bonchev–Trinajstić information content (AvgIpc) is 2.80. The van der Waals surface area contributed by atoms with Crippen LogP contribution in [0.5, 0.6) is 0 Å². The lowest BCUT2D eigenvalue weighted by Gasteiger charge is -2.40. The van der Waals surface area contributed by atoms with E-state index in [1.54, 1.807) is 12.1 Å². The van der Waals surface area contributed by atoms with Crippen LogP contribution in [0.1, 0.15) is 26.3 Å². The summed E-state index contributed by atoms with van der Waals surface area (Å²) in [6, 6.07) is 28.7. The number of hydrogen-bond acceptors (Lipinski definition) is 3. The van der Waals surface area contributed by atoms with Crippen LogP contribution in [0, 0.1) is 5.41 Å². The largest absolute Gasteiger partial charge is 0.405 e. The number of aliphatic hydroxyl groups excluding tert-OH is 1. The third-order valence-corrected chi connectivity index (χ3v) is 8.07. The molecular formula is C27H32F2O3Si. The predicted molar refractivity (Wildman–Crippen MR) is 131 cm³/mol. The van der Waals surface area contributed by atoms with Gasteiger partial charge in [-0.3, -0.25) is 0 Å². The van der Waals surface area contributed by atoms with E-state index in [-0.39, 0.29) is 6.61 Å². The molecule has 33 heavy (non-hydrogen) atoms. The first-order valence-electron chi connectivity index (χ1n) is 11.1. The summed E-state index contributed by atoms with van der Waals surface area (Å²) in [5, 5.41) is 13.2. The van der Waals surface area contributed by atoms with Crippen LogP contribution in [0.2, 0.25) is 0 Å². The number of rotatable bonds is 10. The monoisotopic (exact) mass is 470 g/mol. The van der Waals surface area contributed by atoms with Gasteiger partial charge in [-0.25, -0.2) is 8.78 Å². The van der Waals surface area contributed by atoms with E-state index in [2.05, 4.69) is 0 Å². The number of benzene rings is 3. The highest BCUT2D eigenvalue weighted by Crippen LogP contribution is 2.30. The van der Waals surface area contributed by atoms with Crippen molar-refractivity contribution in [1.82, 2.24) is 0 Å². The van der Waals surface area contributed by atoms with Crippen molar-refractivity contribution in [2.75, 3.05) is 0 Å². The highest BCUT2D eigenvalue weighted by molar-refractivity contribution is 6.80. The maximum absolute atomic E-state index is 14.1. The molecule has 3 aromatic rings. The van der Waals surface area contributed by atoms with Crippen LogP contribution in [0.4, 0.5) is 8.78 Å². The highest BCUT2D eigenvalue weighted by atomic mass is 28.3. The van der Waals surface area contributed by atoms with Crippen LogP contribution >= 0.6 is 0 Å². The molecule has 0 aliphatic heterocycles. The average molecular weight is 471 g/mol. The predicted octanol–water partition coefficient (Wildman–Crippen LogP) is 4.17. The van der Waals surface area contributed by atoms with E-state index in [4.69, 9.17) is 9.16 Å². The quantitative estimate of drug-likeness (QED) is 0.452. The molecule has 0 aliphatic rings. The number of alkyl halides is 2. The summed E-state index contributed by atoms with van der Waals surface area (Å²) in [6.45, 7) is 5.66. The minimum atomic E-state index is -2.86. The van der Waals surface area contributed by atoms with E-state index < -0.39 is 39.2 Å². The molecule has 0 saturated heterocycles. The molecule has 0 fully saturated rings. The Balaban J connectivity index is 1.88. The summed E-state index contributed by atoms with van der Waals surface area (Å²) >= 11 is 0. The third kappa shape index (κ3) is 7.05. The minimum Gasteiger partial charge on any atom is -0.405 e. The van der Waals surface area contributed by atoms with Crippen molar-refractivity contribution in [1.29, 1.82) is 0 Å². The van der Waals surface area contributed by atoms with Crippen molar-refractivity contribution in [2.24, 2.45) is 5.41 Å². The van der Waals surface area contributed by atoms with Gasteiger partial charge >= 0.3 is 0 Å². The van der Waals surface area contributed by atoms with Gasteiger partial charge in [-0.15, -0.1) is 0 Å². The second-order valence-electron chi connectivity index (χ2n) is 9.21. The van der Waals surface area contributed by atoms with Gasteiger partial charge in [0.15, 0.2) is 0 Å². The summed E-state index contributed by atoms with van der Waals surface area (Å²) in [6.07, 6.45) is -6.89. The first kappa shape index (κ1) is 25.2. The molecule has 1 N–H and O–H groups in total.